The van der Waals surface area contributed by atoms with Crippen LogP contribution in [0, 0.1) is 6.92 Å². The Morgan fingerprint density at radius 3 is 2.93 bits per heavy atom. The highest BCUT2D eigenvalue weighted by molar-refractivity contribution is 5.27. The van der Waals surface area contributed by atoms with E-state index in [4.69, 9.17) is 0 Å². The van der Waals surface area contributed by atoms with E-state index in [1.807, 2.05) is 29.8 Å². The van der Waals surface area contributed by atoms with Gasteiger partial charge < -0.3 is 9.67 Å². The summed E-state index contributed by atoms with van der Waals surface area (Å²) < 4.78 is 2.04. The largest absolute Gasteiger partial charge is 0.508 e. The number of hydrogen-bond acceptors (Lipinski definition) is 2. The summed E-state index contributed by atoms with van der Waals surface area (Å²) in [5, 5.41) is 9.29. The average molecular weight is 188 g/mol. The zero-order valence-corrected chi connectivity index (χ0v) is 8.01. The quantitative estimate of drug-likeness (QED) is 0.782. The number of aromatic nitrogens is 2. The number of phenolic OH excluding ortho intramolecular Hbond substituents is 1. The summed E-state index contributed by atoms with van der Waals surface area (Å²) in [5.41, 5.74) is 1.08. The van der Waals surface area contributed by atoms with Gasteiger partial charge in [0.1, 0.15) is 11.6 Å². The van der Waals surface area contributed by atoms with Gasteiger partial charge in [0.2, 0.25) is 0 Å². The second kappa shape index (κ2) is 3.54. The number of hydrogen-bond donors (Lipinski definition) is 1. The lowest BCUT2D eigenvalue weighted by atomic mass is 10.2. The minimum atomic E-state index is 0.306. The molecule has 0 fully saturated rings. The fraction of sp³-hybridized carbons (Fsp3) is 0.182. The molecule has 0 amide bonds. The minimum Gasteiger partial charge on any atom is -0.508 e. The standard InChI is InChI=1S/C11H12N2O/c1-9-12-5-6-13(9)8-10-3-2-4-11(14)7-10/h2-7,14H,8H2,1H3. The summed E-state index contributed by atoms with van der Waals surface area (Å²) in [4.78, 5) is 4.14. The molecule has 0 atom stereocenters. The topological polar surface area (TPSA) is 38.0 Å². The van der Waals surface area contributed by atoms with Crippen molar-refractivity contribution >= 4 is 0 Å². The van der Waals surface area contributed by atoms with Crippen molar-refractivity contribution in [3.05, 3.63) is 48.0 Å². The number of benzene rings is 1. The molecule has 1 heterocycles. The van der Waals surface area contributed by atoms with Gasteiger partial charge in [0.25, 0.3) is 0 Å². The van der Waals surface area contributed by atoms with Gasteiger partial charge >= 0.3 is 0 Å². The van der Waals surface area contributed by atoms with E-state index in [0.29, 0.717) is 5.75 Å². The number of rotatable bonds is 2. The highest BCUT2D eigenvalue weighted by Crippen LogP contribution is 2.12. The molecule has 1 N–H and O–H groups in total. The fourth-order valence-electron chi connectivity index (χ4n) is 1.42. The van der Waals surface area contributed by atoms with Crippen LogP contribution >= 0.6 is 0 Å². The van der Waals surface area contributed by atoms with Crippen molar-refractivity contribution in [3.63, 3.8) is 0 Å². The van der Waals surface area contributed by atoms with Crippen LogP contribution in [-0.2, 0) is 6.54 Å². The SMILES string of the molecule is Cc1nccn1Cc1cccc(O)c1. The van der Waals surface area contributed by atoms with Crippen LogP contribution in [0.4, 0.5) is 0 Å². The van der Waals surface area contributed by atoms with E-state index < -0.39 is 0 Å². The number of aromatic hydroxyl groups is 1. The van der Waals surface area contributed by atoms with Crippen molar-refractivity contribution < 1.29 is 5.11 Å². The van der Waals surface area contributed by atoms with Gasteiger partial charge in [-0.15, -0.1) is 0 Å². The second-order valence-corrected chi connectivity index (χ2v) is 3.27. The van der Waals surface area contributed by atoms with Crippen molar-refractivity contribution in [3.8, 4) is 5.75 Å². The van der Waals surface area contributed by atoms with Crippen LogP contribution in [-0.4, -0.2) is 14.7 Å². The van der Waals surface area contributed by atoms with Crippen molar-refractivity contribution in [1.29, 1.82) is 0 Å². The van der Waals surface area contributed by atoms with E-state index in [-0.39, 0.29) is 0 Å². The molecular weight excluding hydrogens is 176 g/mol. The third-order valence-corrected chi connectivity index (χ3v) is 2.19. The van der Waals surface area contributed by atoms with Crippen LogP contribution in [0.15, 0.2) is 36.7 Å². The van der Waals surface area contributed by atoms with E-state index in [1.54, 1.807) is 18.3 Å². The van der Waals surface area contributed by atoms with Gasteiger partial charge in [0.05, 0.1) is 0 Å². The number of aryl methyl sites for hydroxylation is 1. The van der Waals surface area contributed by atoms with Crippen molar-refractivity contribution in [2.24, 2.45) is 0 Å². The Labute approximate surface area is 82.7 Å². The lowest BCUT2D eigenvalue weighted by Gasteiger charge is -2.05. The first-order valence-electron chi connectivity index (χ1n) is 4.51. The van der Waals surface area contributed by atoms with E-state index in [0.717, 1.165) is 17.9 Å². The van der Waals surface area contributed by atoms with Crippen LogP contribution in [0.25, 0.3) is 0 Å². The summed E-state index contributed by atoms with van der Waals surface area (Å²) in [6.45, 7) is 2.71. The number of nitrogens with zero attached hydrogens (tertiary/aromatic N) is 2. The normalized spacial score (nSPS) is 10.4. The van der Waals surface area contributed by atoms with Crippen molar-refractivity contribution in [2.75, 3.05) is 0 Å². The lowest BCUT2D eigenvalue weighted by Crippen LogP contribution is -2.00. The van der Waals surface area contributed by atoms with E-state index in [9.17, 15) is 5.11 Å². The highest BCUT2D eigenvalue weighted by Gasteiger charge is 1.98. The Morgan fingerprint density at radius 2 is 2.29 bits per heavy atom. The molecular formula is C11H12N2O. The van der Waals surface area contributed by atoms with Crippen LogP contribution in [0.1, 0.15) is 11.4 Å². The first-order valence-corrected chi connectivity index (χ1v) is 4.51. The van der Waals surface area contributed by atoms with Crippen LogP contribution < -0.4 is 0 Å². The van der Waals surface area contributed by atoms with Crippen LogP contribution in [0.3, 0.4) is 0 Å². The smallest absolute Gasteiger partial charge is 0.115 e. The molecule has 0 radical (unpaired) electrons. The predicted octanol–water partition coefficient (Wildman–Crippen LogP) is 1.95. The maximum atomic E-state index is 9.29. The maximum absolute atomic E-state index is 9.29. The summed E-state index contributed by atoms with van der Waals surface area (Å²) >= 11 is 0. The Bertz CT molecular complexity index is 434. The maximum Gasteiger partial charge on any atom is 0.115 e. The Kier molecular flexibility index (Phi) is 2.23. The molecule has 0 saturated carbocycles. The molecule has 1 aromatic carbocycles. The van der Waals surface area contributed by atoms with Gasteiger partial charge in [0.15, 0.2) is 0 Å². The molecule has 0 unspecified atom stereocenters. The molecule has 72 valence electrons. The molecule has 3 heteroatoms. The van der Waals surface area contributed by atoms with Gasteiger partial charge in [-0.3, -0.25) is 0 Å². The number of phenols is 1. The van der Waals surface area contributed by atoms with Crippen molar-refractivity contribution in [2.45, 2.75) is 13.5 Å². The van der Waals surface area contributed by atoms with Gasteiger partial charge in [-0.25, -0.2) is 4.98 Å². The lowest BCUT2D eigenvalue weighted by molar-refractivity contribution is 0.474. The van der Waals surface area contributed by atoms with E-state index in [1.165, 1.54) is 0 Å². The molecule has 0 saturated heterocycles. The van der Waals surface area contributed by atoms with E-state index >= 15 is 0 Å². The summed E-state index contributed by atoms with van der Waals surface area (Å²) in [6, 6.07) is 7.26. The summed E-state index contributed by atoms with van der Waals surface area (Å²) in [7, 11) is 0. The first kappa shape index (κ1) is 8.81. The number of imidazole rings is 1. The molecule has 2 rings (SSSR count). The third-order valence-electron chi connectivity index (χ3n) is 2.19. The molecule has 0 spiro atoms. The second-order valence-electron chi connectivity index (χ2n) is 3.27. The molecule has 0 aliphatic heterocycles. The monoisotopic (exact) mass is 188 g/mol. The minimum absolute atomic E-state index is 0.306. The molecule has 0 aliphatic carbocycles. The van der Waals surface area contributed by atoms with Crippen LogP contribution in [0.2, 0.25) is 0 Å². The Hall–Kier alpha value is -1.77. The highest BCUT2D eigenvalue weighted by atomic mass is 16.3. The molecule has 0 aliphatic rings. The third kappa shape index (κ3) is 1.76. The zero-order chi connectivity index (χ0) is 9.97. The summed E-state index contributed by atoms with van der Waals surface area (Å²) in [6.07, 6.45) is 3.71. The van der Waals surface area contributed by atoms with Crippen LogP contribution in [0.5, 0.6) is 5.75 Å². The fourth-order valence-corrected chi connectivity index (χ4v) is 1.42. The van der Waals surface area contributed by atoms with Gasteiger partial charge in [0, 0.05) is 18.9 Å². The Balaban J connectivity index is 2.23. The van der Waals surface area contributed by atoms with Gasteiger partial charge in [-0.05, 0) is 24.6 Å². The first-order chi connectivity index (χ1) is 6.75. The van der Waals surface area contributed by atoms with Gasteiger partial charge in [-0.1, -0.05) is 12.1 Å². The molecule has 2 aromatic rings. The van der Waals surface area contributed by atoms with Gasteiger partial charge in [-0.2, -0.15) is 0 Å². The zero-order valence-electron chi connectivity index (χ0n) is 8.01. The molecule has 1 aromatic heterocycles. The summed E-state index contributed by atoms with van der Waals surface area (Å²) in [5.74, 6) is 1.29. The molecule has 14 heavy (non-hydrogen) atoms. The average Bonchev–Trinajstić information content (AvgIpc) is 2.52. The molecule has 3 nitrogen and oxygen atoms in total. The Morgan fingerprint density at radius 1 is 1.43 bits per heavy atom. The van der Waals surface area contributed by atoms with Crippen molar-refractivity contribution in [1.82, 2.24) is 9.55 Å². The molecule has 0 bridgehead atoms. The van der Waals surface area contributed by atoms with E-state index in [2.05, 4.69) is 4.98 Å². The predicted molar refractivity (Wildman–Crippen MR) is 54.2 cm³/mol.